The zero-order chi connectivity index (χ0) is 15.0. The molecule has 0 saturated carbocycles. The molecular formula is C14H18Cl2O4. The number of hydrogen-bond acceptors (Lipinski definition) is 4. The molecule has 0 bridgehead atoms. The quantitative estimate of drug-likeness (QED) is 0.411. The first-order valence-electron chi connectivity index (χ1n) is 6.42. The van der Waals surface area contributed by atoms with E-state index in [1.165, 1.54) is 0 Å². The van der Waals surface area contributed by atoms with Gasteiger partial charge in [-0.05, 0) is 25.5 Å². The van der Waals surface area contributed by atoms with E-state index in [0.29, 0.717) is 17.4 Å². The van der Waals surface area contributed by atoms with Gasteiger partial charge in [0.05, 0.1) is 11.6 Å². The molecule has 0 heterocycles. The molecule has 0 N–H and O–H groups in total. The van der Waals surface area contributed by atoms with Gasteiger partial charge in [0, 0.05) is 0 Å². The Labute approximate surface area is 128 Å². The van der Waals surface area contributed by atoms with Crippen LogP contribution in [0, 0.1) is 0 Å². The number of ether oxygens (including phenoxy) is 3. The van der Waals surface area contributed by atoms with E-state index in [4.69, 9.17) is 37.4 Å². The molecule has 20 heavy (non-hydrogen) atoms. The summed E-state index contributed by atoms with van der Waals surface area (Å²) >= 11 is 11.8. The van der Waals surface area contributed by atoms with Crippen LogP contribution in [0.3, 0.4) is 0 Å². The highest BCUT2D eigenvalue weighted by Crippen LogP contribution is 2.31. The number of unbranched alkanes of at least 4 members (excludes halogenated alkanes) is 1. The highest BCUT2D eigenvalue weighted by atomic mass is 35.5. The van der Waals surface area contributed by atoms with E-state index in [0.717, 1.165) is 12.8 Å². The predicted molar refractivity (Wildman–Crippen MR) is 78.4 cm³/mol. The van der Waals surface area contributed by atoms with Crippen molar-refractivity contribution in [3.8, 4) is 5.75 Å². The van der Waals surface area contributed by atoms with Gasteiger partial charge in [0.15, 0.2) is 12.9 Å². The second-order valence-corrected chi connectivity index (χ2v) is 4.91. The number of benzene rings is 1. The molecule has 0 fully saturated rings. The van der Waals surface area contributed by atoms with Crippen LogP contribution >= 0.6 is 23.2 Å². The third-order valence-corrected chi connectivity index (χ3v) is 3.21. The third kappa shape index (κ3) is 5.99. The molecule has 1 unspecified atom stereocenters. The van der Waals surface area contributed by atoms with Crippen molar-refractivity contribution >= 4 is 29.2 Å². The fourth-order valence-electron chi connectivity index (χ4n) is 1.38. The van der Waals surface area contributed by atoms with Crippen molar-refractivity contribution in [2.45, 2.75) is 33.0 Å². The maximum Gasteiger partial charge on any atom is 0.346 e. The number of halogens is 2. The fraction of sp³-hybridized carbons (Fsp3) is 0.500. The first kappa shape index (κ1) is 17.1. The Morgan fingerprint density at radius 3 is 2.80 bits per heavy atom. The highest BCUT2D eigenvalue weighted by Gasteiger charge is 2.12. The summed E-state index contributed by atoms with van der Waals surface area (Å²) < 4.78 is 15.6. The molecule has 1 aromatic carbocycles. The molecule has 0 saturated heterocycles. The first-order chi connectivity index (χ1) is 9.54. The average Bonchev–Trinajstić information content (AvgIpc) is 2.41. The van der Waals surface area contributed by atoms with Crippen LogP contribution in [0.1, 0.15) is 26.7 Å². The van der Waals surface area contributed by atoms with Gasteiger partial charge in [0.1, 0.15) is 10.8 Å². The van der Waals surface area contributed by atoms with Gasteiger partial charge in [0.25, 0.3) is 0 Å². The van der Waals surface area contributed by atoms with Crippen molar-refractivity contribution in [1.82, 2.24) is 0 Å². The lowest BCUT2D eigenvalue weighted by atomic mass is 10.3. The van der Waals surface area contributed by atoms with Gasteiger partial charge >= 0.3 is 5.97 Å². The average molecular weight is 321 g/mol. The normalized spacial score (nSPS) is 12.0. The van der Waals surface area contributed by atoms with E-state index in [1.54, 1.807) is 25.1 Å². The van der Waals surface area contributed by atoms with Gasteiger partial charge in [-0.25, -0.2) is 4.79 Å². The number of carbonyl (C=O) groups excluding carboxylic acids is 1. The van der Waals surface area contributed by atoms with Gasteiger partial charge in [-0.2, -0.15) is 0 Å². The summed E-state index contributed by atoms with van der Waals surface area (Å²) in [7, 11) is 0. The molecule has 1 rings (SSSR count). The smallest absolute Gasteiger partial charge is 0.346 e. The van der Waals surface area contributed by atoms with Crippen molar-refractivity contribution < 1.29 is 19.0 Å². The van der Waals surface area contributed by atoms with E-state index < -0.39 is 12.3 Å². The van der Waals surface area contributed by atoms with E-state index in [1.807, 2.05) is 0 Å². The van der Waals surface area contributed by atoms with E-state index >= 15 is 0 Å². The standard InChI is InChI=1S/C14H18Cl2O4/c1-3-4-8-18-10(2)20-13(17)9-19-12-7-5-6-11(15)14(12)16/h5-7,10H,3-4,8-9H2,1-2H3. The van der Waals surface area contributed by atoms with E-state index in [9.17, 15) is 4.79 Å². The molecule has 0 aliphatic carbocycles. The molecule has 112 valence electrons. The van der Waals surface area contributed by atoms with Crippen LogP contribution in [0.25, 0.3) is 0 Å². The number of hydrogen-bond donors (Lipinski definition) is 0. The maximum atomic E-state index is 11.6. The highest BCUT2D eigenvalue weighted by molar-refractivity contribution is 6.42. The van der Waals surface area contributed by atoms with Crippen LogP contribution in [0.2, 0.25) is 10.0 Å². The van der Waals surface area contributed by atoms with Crippen molar-refractivity contribution in [1.29, 1.82) is 0 Å². The lowest BCUT2D eigenvalue weighted by Crippen LogP contribution is -2.23. The van der Waals surface area contributed by atoms with Gasteiger partial charge in [0.2, 0.25) is 0 Å². The molecule has 0 aliphatic heterocycles. The zero-order valence-electron chi connectivity index (χ0n) is 11.5. The SMILES string of the molecule is CCCCOC(C)OC(=O)COc1cccc(Cl)c1Cl. The topological polar surface area (TPSA) is 44.8 Å². The largest absolute Gasteiger partial charge is 0.480 e. The van der Waals surface area contributed by atoms with Crippen molar-refractivity contribution in [2.75, 3.05) is 13.2 Å². The van der Waals surface area contributed by atoms with Crippen LogP contribution in [-0.4, -0.2) is 25.5 Å². The summed E-state index contributed by atoms with van der Waals surface area (Å²) in [6.07, 6.45) is 1.36. The number of carbonyl (C=O) groups is 1. The Bertz CT molecular complexity index is 437. The van der Waals surface area contributed by atoms with Gasteiger partial charge in [-0.1, -0.05) is 42.6 Å². The monoisotopic (exact) mass is 320 g/mol. The van der Waals surface area contributed by atoms with Crippen LogP contribution < -0.4 is 4.74 Å². The Morgan fingerprint density at radius 2 is 2.10 bits per heavy atom. The second kappa shape index (κ2) is 9.06. The summed E-state index contributed by atoms with van der Waals surface area (Å²) in [5, 5.41) is 0.642. The summed E-state index contributed by atoms with van der Waals surface area (Å²) in [4.78, 5) is 11.6. The third-order valence-electron chi connectivity index (χ3n) is 2.41. The van der Waals surface area contributed by atoms with Crippen LogP contribution in [0.15, 0.2) is 18.2 Å². The number of esters is 1. The van der Waals surface area contributed by atoms with Crippen LogP contribution in [0.4, 0.5) is 0 Å². The minimum atomic E-state index is -0.590. The molecule has 0 aliphatic rings. The molecule has 0 amide bonds. The number of rotatable bonds is 8. The molecule has 1 atom stereocenters. The molecular weight excluding hydrogens is 303 g/mol. The van der Waals surface area contributed by atoms with Crippen molar-refractivity contribution in [3.63, 3.8) is 0 Å². The van der Waals surface area contributed by atoms with E-state index in [-0.39, 0.29) is 11.6 Å². The summed E-state index contributed by atoms with van der Waals surface area (Å²) in [6, 6.07) is 4.95. The van der Waals surface area contributed by atoms with Gasteiger partial charge < -0.3 is 14.2 Å². The lowest BCUT2D eigenvalue weighted by molar-refractivity contribution is -0.177. The molecule has 0 radical (unpaired) electrons. The van der Waals surface area contributed by atoms with Crippen LogP contribution in [0.5, 0.6) is 5.75 Å². The van der Waals surface area contributed by atoms with Gasteiger partial charge in [-0.3, -0.25) is 0 Å². The summed E-state index contributed by atoms with van der Waals surface area (Å²) in [5.41, 5.74) is 0. The van der Waals surface area contributed by atoms with Gasteiger partial charge in [-0.15, -0.1) is 0 Å². The fourth-order valence-corrected chi connectivity index (χ4v) is 1.73. The first-order valence-corrected chi connectivity index (χ1v) is 7.18. The predicted octanol–water partition coefficient (Wildman–Crippen LogP) is 4.08. The lowest BCUT2D eigenvalue weighted by Gasteiger charge is -2.14. The second-order valence-electron chi connectivity index (χ2n) is 4.12. The van der Waals surface area contributed by atoms with Crippen molar-refractivity contribution in [3.05, 3.63) is 28.2 Å². The minimum Gasteiger partial charge on any atom is -0.480 e. The van der Waals surface area contributed by atoms with Crippen molar-refractivity contribution in [2.24, 2.45) is 0 Å². The van der Waals surface area contributed by atoms with E-state index in [2.05, 4.69) is 6.92 Å². The Hall–Kier alpha value is -0.970. The summed E-state index contributed by atoms with van der Waals surface area (Å²) in [5.74, 6) is -0.180. The molecule has 4 nitrogen and oxygen atoms in total. The molecule has 0 spiro atoms. The minimum absolute atomic E-state index is 0.248. The van der Waals surface area contributed by atoms with Crippen LogP contribution in [-0.2, 0) is 14.3 Å². The molecule has 0 aromatic heterocycles. The molecule has 1 aromatic rings. The Balaban J connectivity index is 2.34. The molecule has 6 heteroatoms. The Morgan fingerprint density at radius 1 is 1.35 bits per heavy atom. The maximum absolute atomic E-state index is 11.6. The Kier molecular flexibility index (Phi) is 7.73. The zero-order valence-corrected chi connectivity index (χ0v) is 13.0. The summed E-state index contributed by atoms with van der Waals surface area (Å²) in [6.45, 7) is 4.04.